The highest BCUT2D eigenvalue weighted by atomic mass is 16.5. The third kappa shape index (κ3) is 4.28. The zero-order valence-corrected chi connectivity index (χ0v) is 17.1. The number of hydrogen-bond donors (Lipinski definition) is 1. The monoisotopic (exact) mass is 403 g/mol. The van der Waals surface area contributed by atoms with Crippen molar-refractivity contribution in [1.82, 2.24) is 10.3 Å². The number of methoxy groups -OCH3 is 1. The third-order valence-electron chi connectivity index (χ3n) is 5.32. The standard InChI is InChI=1S/C24H25N3O3/c1-17(18-7-4-3-5-8-18)25-16-24(28)27-22(23-9-6-14-30-23)15-21(26-27)19-10-12-20(29-2)13-11-19/h3-14,17,22,25H,15-16H2,1-2H3. The van der Waals surface area contributed by atoms with Crippen LogP contribution in [-0.4, -0.2) is 30.3 Å². The Bertz CT molecular complexity index is 998. The van der Waals surface area contributed by atoms with Crippen molar-refractivity contribution in [3.63, 3.8) is 0 Å². The summed E-state index contributed by atoms with van der Waals surface area (Å²) in [4.78, 5) is 13.1. The lowest BCUT2D eigenvalue weighted by Crippen LogP contribution is -2.36. The van der Waals surface area contributed by atoms with E-state index in [1.54, 1.807) is 18.4 Å². The first kappa shape index (κ1) is 19.9. The van der Waals surface area contributed by atoms with Crippen LogP contribution in [0.15, 0.2) is 82.5 Å². The summed E-state index contributed by atoms with van der Waals surface area (Å²) in [6.07, 6.45) is 2.22. The molecular weight excluding hydrogens is 378 g/mol. The number of benzene rings is 2. The van der Waals surface area contributed by atoms with E-state index in [1.807, 2.05) is 73.7 Å². The van der Waals surface area contributed by atoms with Crippen LogP contribution in [0.5, 0.6) is 5.75 Å². The van der Waals surface area contributed by atoms with E-state index < -0.39 is 0 Å². The first-order valence-corrected chi connectivity index (χ1v) is 10.0. The first-order chi connectivity index (χ1) is 14.7. The summed E-state index contributed by atoms with van der Waals surface area (Å²) < 4.78 is 10.8. The smallest absolute Gasteiger partial charge is 0.257 e. The van der Waals surface area contributed by atoms with Gasteiger partial charge in [-0.05, 0) is 54.4 Å². The molecule has 6 heteroatoms. The topological polar surface area (TPSA) is 67.1 Å². The Kier molecular flexibility index (Phi) is 5.95. The predicted octanol–water partition coefficient (Wildman–Crippen LogP) is 4.32. The van der Waals surface area contributed by atoms with E-state index in [0.29, 0.717) is 6.42 Å². The molecule has 4 rings (SSSR count). The van der Waals surface area contributed by atoms with Crippen molar-refractivity contribution in [3.05, 3.63) is 89.9 Å². The molecule has 1 amide bonds. The van der Waals surface area contributed by atoms with Crippen LogP contribution < -0.4 is 10.1 Å². The van der Waals surface area contributed by atoms with Gasteiger partial charge in [0.25, 0.3) is 5.91 Å². The fourth-order valence-corrected chi connectivity index (χ4v) is 3.58. The van der Waals surface area contributed by atoms with Gasteiger partial charge >= 0.3 is 0 Å². The number of nitrogens with zero attached hydrogens (tertiary/aromatic N) is 2. The Morgan fingerprint density at radius 3 is 2.60 bits per heavy atom. The highest BCUT2D eigenvalue weighted by molar-refractivity contribution is 6.03. The summed E-state index contributed by atoms with van der Waals surface area (Å²) in [5.74, 6) is 1.42. The van der Waals surface area contributed by atoms with Gasteiger partial charge in [-0.15, -0.1) is 0 Å². The first-order valence-electron chi connectivity index (χ1n) is 10.0. The SMILES string of the molecule is COc1ccc(C2=NN(C(=O)CNC(C)c3ccccc3)C(c3ccco3)C2)cc1. The number of ether oxygens (including phenoxy) is 1. The van der Waals surface area contributed by atoms with Gasteiger partial charge in [0.15, 0.2) is 0 Å². The number of hydrazone groups is 1. The second kappa shape index (κ2) is 8.97. The third-order valence-corrected chi connectivity index (χ3v) is 5.32. The molecular formula is C24H25N3O3. The van der Waals surface area contributed by atoms with E-state index in [2.05, 4.69) is 10.4 Å². The lowest BCUT2D eigenvalue weighted by Gasteiger charge is -2.21. The van der Waals surface area contributed by atoms with Crippen molar-refractivity contribution in [3.8, 4) is 5.75 Å². The maximum absolute atomic E-state index is 13.1. The quantitative estimate of drug-likeness (QED) is 0.638. The number of rotatable bonds is 7. The van der Waals surface area contributed by atoms with Crippen LogP contribution in [0.2, 0.25) is 0 Å². The Morgan fingerprint density at radius 1 is 1.17 bits per heavy atom. The number of carbonyl (C=O) groups excluding carboxylic acids is 1. The van der Waals surface area contributed by atoms with Crippen molar-refractivity contribution >= 4 is 11.6 Å². The summed E-state index contributed by atoms with van der Waals surface area (Å²) in [5.41, 5.74) is 2.95. The summed E-state index contributed by atoms with van der Waals surface area (Å²) >= 11 is 0. The second-order valence-electron chi connectivity index (χ2n) is 7.26. The molecule has 30 heavy (non-hydrogen) atoms. The largest absolute Gasteiger partial charge is 0.497 e. The maximum Gasteiger partial charge on any atom is 0.257 e. The number of furan rings is 1. The van der Waals surface area contributed by atoms with Crippen LogP contribution in [0.25, 0.3) is 0 Å². The average Bonchev–Trinajstić information content (AvgIpc) is 3.48. The van der Waals surface area contributed by atoms with Crippen LogP contribution in [0.3, 0.4) is 0 Å². The van der Waals surface area contributed by atoms with Gasteiger partial charge in [0.2, 0.25) is 0 Å². The van der Waals surface area contributed by atoms with Crippen molar-refractivity contribution in [2.24, 2.45) is 5.10 Å². The second-order valence-corrected chi connectivity index (χ2v) is 7.26. The van der Waals surface area contributed by atoms with Crippen molar-refractivity contribution in [1.29, 1.82) is 0 Å². The Hall–Kier alpha value is -3.38. The Labute approximate surface area is 176 Å². The average molecular weight is 403 g/mol. The van der Waals surface area contributed by atoms with Crippen LogP contribution in [-0.2, 0) is 4.79 Å². The van der Waals surface area contributed by atoms with Crippen LogP contribution >= 0.6 is 0 Å². The predicted molar refractivity (Wildman–Crippen MR) is 115 cm³/mol. The van der Waals surface area contributed by atoms with Gasteiger partial charge in [0, 0.05) is 12.5 Å². The molecule has 1 N–H and O–H groups in total. The van der Waals surface area contributed by atoms with Crippen LogP contribution in [0.1, 0.15) is 42.3 Å². The Morgan fingerprint density at radius 2 is 1.93 bits per heavy atom. The minimum atomic E-state index is -0.251. The van der Waals surface area contributed by atoms with Crippen molar-refractivity contribution in [2.45, 2.75) is 25.4 Å². The molecule has 0 saturated heterocycles. The fourth-order valence-electron chi connectivity index (χ4n) is 3.58. The van der Waals surface area contributed by atoms with Crippen LogP contribution in [0, 0.1) is 0 Å². The number of amides is 1. The van der Waals surface area contributed by atoms with E-state index >= 15 is 0 Å². The molecule has 0 spiro atoms. The summed E-state index contributed by atoms with van der Waals surface area (Å²) in [6, 6.07) is 21.3. The number of carbonyl (C=O) groups is 1. The fraction of sp³-hybridized carbons (Fsp3) is 0.250. The summed E-state index contributed by atoms with van der Waals surface area (Å²) in [5, 5.41) is 9.51. The van der Waals surface area contributed by atoms with Gasteiger partial charge in [-0.1, -0.05) is 30.3 Å². The van der Waals surface area contributed by atoms with E-state index in [1.165, 1.54) is 0 Å². The summed E-state index contributed by atoms with van der Waals surface area (Å²) in [6.45, 7) is 2.23. The lowest BCUT2D eigenvalue weighted by molar-refractivity contribution is -0.132. The molecule has 2 atom stereocenters. The molecule has 2 heterocycles. The molecule has 1 aliphatic rings. The summed E-state index contributed by atoms with van der Waals surface area (Å²) in [7, 11) is 1.64. The van der Waals surface area contributed by atoms with Crippen molar-refractivity contribution in [2.75, 3.05) is 13.7 Å². The molecule has 154 valence electrons. The maximum atomic E-state index is 13.1. The van der Waals surface area contributed by atoms with E-state index in [9.17, 15) is 4.79 Å². The molecule has 0 radical (unpaired) electrons. The molecule has 2 aromatic carbocycles. The minimum absolute atomic E-state index is 0.0601. The Balaban J connectivity index is 1.51. The highest BCUT2D eigenvalue weighted by Crippen LogP contribution is 2.33. The highest BCUT2D eigenvalue weighted by Gasteiger charge is 2.34. The molecule has 0 aliphatic carbocycles. The molecule has 3 aromatic rings. The van der Waals surface area contributed by atoms with E-state index in [-0.39, 0.29) is 24.5 Å². The molecule has 1 aromatic heterocycles. The molecule has 6 nitrogen and oxygen atoms in total. The zero-order chi connectivity index (χ0) is 20.9. The van der Waals surface area contributed by atoms with Crippen molar-refractivity contribution < 1.29 is 13.9 Å². The van der Waals surface area contributed by atoms with Gasteiger partial charge in [0.05, 0.1) is 25.6 Å². The molecule has 2 unspecified atom stereocenters. The van der Waals surface area contributed by atoms with Gasteiger partial charge in [-0.25, -0.2) is 5.01 Å². The molecule has 0 saturated carbocycles. The van der Waals surface area contributed by atoms with Crippen LogP contribution in [0.4, 0.5) is 0 Å². The van der Waals surface area contributed by atoms with Gasteiger partial charge in [0.1, 0.15) is 17.6 Å². The molecule has 0 bridgehead atoms. The van der Waals surface area contributed by atoms with Gasteiger partial charge in [-0.3, -0.25) is 4.79 Å². The molecule has 1 aliphatic heterocycles. The molecule has 0 fully saturated rings. The lowest BCUT2D eigenvalue weighted by atomic mass is 10.0. The van der Waals surface area contributed by atoms with E-state index in [0.717, 1.165) is 28.3 Å². The number of hydrogen-bond acceptors (Lipinski definition) is 5. The zero-order valence-electron chi connectivity index (χ0n) is 17.1. The normalized spacial score (nSPS) is 16.9. The van der Waals surface area contributed by atoms with Gasteiger partial charge in [-0.2, -0.15) is 5.10 Å². The van der Waals surface area contributed by atoms with E-state index in [4.69, 9.17) is 9.15 Å². The minimum Gasteiger partial charge on any atom is -0.497 e. The number of nitrogens with one attached hydrogen (secondary N) is 1. The van der Waals surface area contributed by atoms with Gasteiger partial charge < -0.3 is 14.5 Å².